The molecule has 0 fully saturated rings. The molecule has 0 aromatic rings. The van der Waals surface area contributed by atoms with Crippen LogP contribution in [-0.2, 0) is 19.5 Å². The molecule has 0 spiro atoms. The Kier molecular flexibility index (Phi) is 18.2. The van der Waals surface area contributed by atoms with Gasteiger partial charge in [-0.2, -0.15) is 18.6 Å². The standard InChI is InChI=1S/2C5H5.C4H9.Ru/c2*1-2-4-5-3-1;1-3-4-2;/h2*1-3H,4H2;1,3-4H2,2H3;/q3*-1;+3. The van der Waals surface area contributed by atoms with Crippen molar-refractivity contribution in [1.82, 2.24) is 0 Å². The zero-order valence-corrected chi connectivity index (χ0v) is 11.1. The van der Waals surface area contributed by atoms with E-state index in [0.29, 0.717) is 0 Å². The Balaban J connectivity index is 0. The number of hydrogen-bond acceptors (Lipinski definition) is 0. The molecule has 0 N–H and O–H groups in total. The summed E-state index contributed by atoms with van der Waals surface area (Å²) in [6, 6.07) is 0. The Morgan fingerprint density at radius 1 is 1.07 bits per heavy atom. The first-order chi connectivity index (χ1) is 6.91. The third-order valence-corrected chi connectivity index (χ3v) is 1.53. The van der Waals surface area contributed by atoms with E-state index in [9.17, 15) is 0 Å². The van der Waals surface area contributed by atoms with Crippen LogP contribution in [0.5, 0.6) is 0 Å². The zero-order valence-electron chi connectivity index (χ0n) is 9.35. The van der Waals surface area contributed by atoms with Crippen LogP contribution >= 0.6 is 0 Å². The van der Waals surface area contributed by atoms with Crippen LogP contribution in [0.25, 0.3) is 0 Å². The Labute approximate surface area is 108 Å². The maximum atomic E-state index is 3.60. The van der Waals surface area contributed by atoms with Crippen LogP contribution < -0.4 is 0 Å². The van der Waals surface area contributed by atoms with Gasteiger partial charge in [0, 0.05) is 0 Å². The average molecular weight is 288 g/mol. The summed E-state index contributed by atoms with van der Waals surface area (Å²) in [5.41, 5.74) is 0. The van der Waals surface area contributed by atoms with Crippen LogP contribution in [0.3, 0.4) is 0 Å². The Bertz CT molecular complexity index is 165. The molecule has 0 unspecified atom stereocenters. The smallest absolute Gasteiger partial charge is 0.343 e. The van der Waals surface area contributed by atoms with Crippen molar-refractivity contribution in [3.63, 3.8) is 0 Å². The molecule has 1 radical (unpaired) electrons. The minimum atomic E-state index is 0. The van der Waals surface area contributed by atoms with Gasteiger partial charge < -0.3 is 6.92 Å². The molecule has 0 heterocycles. The first-order valence-corrected chi connectivity index (χ1v) is 5.14. The van der Waals surface area contributed by atoms with Gasteiger partial charge in [0.2, 0.25) is 0 Å². The van der Waals surface area contributed by atoms with E-state index in [2.05, 4.69) is 38.2 Å². The van der Waals surface area contributed by atoms with Crippen molar-refractivity contribution >= 4 is 0 Å². The number of rotatable bonds is 1. The molecule has 0 aromatic carbocycles. The summed E-state index contributed by atoms with van der Waals surface area (Å²) in [6.45, 7) is 5.72. The van der Waals surface area contributed by atoms with Gasteiger partial charge in [0.15, 0.2) is 0 Å². The molecule has 0 nitrogen and oxygen atoms in total. The van der Waals surface area contributed by atoms with Crippen molar-refractivity contribution in [2.75, 3.05) is 0 Å². The second-order valence-corrected chi connectivity index (χ2v) is 2.86. The predicted octanol–water partition coefficient (Wildman–Crippen LogP) is 4.23. The summed E-state index contributed by atoms with van der Waals surface area (Å²) in [5.74, 6) is 0. The van der Waals surface area contributed by atoms with E-state index < -0.39 is 0 Å². The van der Waals surface area contributed by atoms with Gasteiger partial charge in [0.1, 0.15) is 0 Å². The summed E-state index contributed by atoms with van der Waals surface area (Å²) in [7, 11) is 0. The fraction of sp³-hybridized carbons (Fsp3) is 0.357. The van der Waals surface area contributed by atoms with Gasteiger partial charge in [-0.25, -0.2) is 24.3 Å². The molecule has 2 aliphatic carbocycles. The predicted molar refractivity (Wildman–Crippen MR) is 63.4 cm³/mol. The van der Waals surface area contributed by atoms with E-state index in [1.165, 1.54) is 6.42 Å². The number of allylic oxidation sites excluding steroid dienone is 8. The fourth-order valence-corrected chi connectivity index (χ4v) is 0.680. The molecule has 0 saturated heterocycles. The molecule has 2 rings (SSSR count). The number of unbranched alkanes of at least 4 members (excludes halogenated alkanes) is 1. The van der Waals surface area contributed by atoms with E-state index in [4.69, 9.17) is 0 Å². The van der Waals surface area contributed by atoms with Crippen molar-refractivity contribution in [3.05, 3.63) is 55.5 Å². The summed E-state index contributed by atoms with van der Waals surface area (Å²) in [5, 5.41) is 0. The van der Waals surface area contributed by atoms with Crippen molar-refractivity contribution < 1.29 is 19.5 Å². The molecule has 0 saturated carbocycles. The summed E-state index contributed by atoms with van der Waals surface area (Å²) < 4.78 is 0. The van der Waals surface area contributed by atoms with E-state index in [1.807, 2.05) is 24.3 Å². The summed E-state index contributed by atoms with van der Waals surface area (Å²) in [4.78, 5) is 0. The quantitative estimate of drug-likeness (QED) is 0.500. The average Bonchev–Trinajstić information content (AvgIpc) is 2.94. The molecule has 2 aliphatic rings. The SMILES string of the molecule is [C-]1=CC=CC1.[C-]1=CC=CC1.[CH2-]CCC.[Ru+3]. The molecule has 0 aliphatic heterocycles. The van der Waals surface area contributed by atoms with Gasteiger partial charge in [-0.15, -0.1) is 12.8 Å². The molecular weight excluding hydrogens is 269 g/mol. The Morgan fingerprint density at radius 2 is 1.47 bits per heavy atom. The fourth-order valence-electron chi connectivity index (χ4n) is 0.680. The van der Waals surface area contributed by atoms with E-state index >= 15 is 0 Å². The molecule has 0 bridgehead atoms. The second-order valence-electron chi connectivity index (χ2n) is 2.86. The third-order valence-electron chi connectivity index (χ3n) is 1.53. The molecule has 0 amide bonds. The summed E-state index contributed by atoms with van der Waals surface area (Å²) in [6.07, 6.45) is 22.3. The molecule has 1 heteroatoms. The summed E-state index contributed by atoms with van der Waals surface area (Å²) >= 11 is 0. The van der Waals surface area contributed by atoms with Crippen LogP contribution in [0.15, 0.2) is 36.5 Å². The van der Waals surface area contributed by atoms with Gasteiger partial charge in [0.05, 0.1) is 0 Å². The topological polar surface area (TPSA) is 0 Å². The number of hydrogen-bond donors (Lipinski definition) is 0. The molecule has 15 heavy (non-hydrogen) atoms. The molecule has 83 valence electrons. The van der Waals surface area contributed by atoms with Crippen molar-refractivity contribution in [1.29, 1.82) is 0 Å². The van der Waals surface area contributed by atoms with Crippen LogP contribution in [0.4, 0.5) is 0 Å². The first-order valence-electron chi connectivity index (χ1n) is 5.14. The van der Waals surface area contributed by atoms with E-state index in [-0.39, 0.29) is 19.5 Å². The third kappa shape index (κ3) is 16.3. The van der Waals surface area contributed by atoms with E-state index in [1.54, 1.807) is 0 Å². The Morgan fingerprint density at radius 3 is 1.53 bits per heavy atom. The van der Waals surface area contributed by atoms with Crippen LogP contribution in [0.1, 0.15) is 32.6 Å². The minimum Gasteiger partial charge on any atom is -0.343 e. The Hall–Kier alpha value is -0.417. The van der Waals surface area contributed by atoms with Crippen molar-refractivity contribution in [2.45, 2.75) is 32.6 Å². The molecule has 0 aromatic heterocycles. The van der Waals surface area contributed by atoms with Gasteiger partial charge in [-0.05, 0) is 0 Å². The monoisotopic (exact) mass is 289 g/mol. The van der Waals surface area contributed by atoms with Crippen molar-refractivity contribution in [3.8, 4) is 0 Å². The van der Waals surface area contributed by atoms with Crippen LogP contribution in [-0.4, -0.2) is 0 Å². The van der Waals surface area contributed by atoms with Crippen LogP contribution in [0.2, 0.25) is 0 Å². The maximum Gasteiger partial charge on any atom is 3.00 e. The normalized spacial score (nSPS) is 13.7. The van der Waals surface area contributed by atoms with E-state index in [0.717, 1.165) is 19.3 Å². The van der Waals surface area contributed by atoms with Gasteiger partial charge in [-0.3, -0.25) is 12.2 Å². The van der Waals surface area contributed by atoms with Gasteiger partial charge in [0.25, 0.3) is 0 Å². The molecular formula is C14H19Ru. The molecule has 0 atom stereocenters. The minimum absolute atomic E-state index is 0. The second kappa shape index (κ2) is 16.0. The van der Waals surface area contributed by atoms with Crippen LogP contribution in [0, 0.1) is 19.1 Å². The van der Waals surface area contributed by atoms with Crippen molar-refractivity contribution in [2.24, 2.45) is 0 Å². The first kappa shape index (κ1) is 17.0. The maximum absolute atomic E-state index is 3.60. The van der Waals surface area contributed by atoms with Gasteiger partial charge >= 0.3 is 19.5 Å². The van der Waals surface area contributed by atoms with Gasteiger partial charge in [-0.1, -0.05) is 13.3 Å². The largest absolute Gasteiger partial charge is 3.00 e. The zero-order chi connectivity index (χ0) is 10.5.